The summed E-state index contributed by atoms with van der Waals surface area (Å²) in [5.74, 6) is 0.470. The highest BCUT2D eigenvalue weighted by Gasteiger charge is 2.28. The van der Waals surface area contributed by atoms with Crippen molar-refractivity contribution in [1.82, 2.24) is 9.78 Å². The zero-order valence-corrected chi connectivity index (χ0v) is 15.3. The number of nitrogens with zero attached hydrogens (tertiary/aromatic N) is 2. The van der Waals surface area contributed by atoms with Crippen LogP contribution >= 0.6 is 15.9 Å². The highest BCUT2D eigenvalue weighted by Crippen LogP contribution is 2.20. The van der Waals surface area contributed by atoms with Gasteiger partial charge >= 0.3 is 6.18 Å². The number of anilines is 1. The van der Waals surface area contributed by atoms with Gasteiger partial charge in [0.2, 0.25) is 0 Å². The number of hydrogen-bond donors (Lipinski definition) is 1. The van der Waals surface area contributed by atoms with Gasteiger partial charge in [-0.3, -0.25) is 9.48 Å². The number of amides is 1. The minimum Gasteiger partial charge on any atom is -0.486 e. The van der Waals surface area contributed by atoms with Gasteiger partial charge in [-0.1, -0.05) is 15.9 Å². The normalized spacial score (nSPS) is 11.4. The Bertz CT molecular complexity index is 919. The van der Waals surface area contributed by atoms with E-state index in [4.69, 9.17) is 9.15 Å². The quantitative estimate of drug-likeness (QED) is 0.602. The second-order valence-corrected chi connectivity index (χ2v) is 6.42. The van der Waals surface area contributed by atoms with E-state index in [1.54, 1.807) is 18.2 Å². The van der Waals surface area contributed by atoms with Crippen molar-refractivity contribution in [3.05, 3.63) is 64.8 Å². The van der Waals surface area contributed by atoms with Gasteiger partial charge in [0, 0.05) is 10.7 Å². The zero-order valence-electron chi connectivity index (χ0n) is 13.7. The van der Waals surface area contributed by atoms with Crippen molar-refractivity contribution in [3.63, 3.8) is 0 Å². The largest absolute Gasteiger partial charge is 0.486 e. The van der Waals surface area contributed by atoms with Crippen molar-refractivity contribution in [1.29, 1.82) is 0 Å². The molecule has 0 aliphatic heterocycles. The van der Waals surface area contributed by atoms with Crippen molar-refractivity contribution < 1.29 is 27.1 Å². The Labute approximate surface area is 160 Å². The molecule has 0 unspecified atom stereocenters. The van der Waals surface area contributed by atoms with E-state index >= 15 is 0 Å². The lowest BCUT2D eigenvalue weighted by Crippen LogP contribution is -2.17. The van der Waals surface area contributed by atoms with Gasteiger partial charge in [0.15, 0.2) is 5.76 Å². The number of rotatable bonds is 6. The number of nitrogens with one attached hydrogen (secondary N) is 1. The Morgan fingerprint density at radius 3 is 2.67 bits per heavy atom. The summed E-state index contributed by atoms with van der Waals surface area (Å²) in [6.45, 7) is -1.11. The first-order valence-electron chi connectivity index (χ1n) is 7.66. The Morgan fingerprint density at radius 1 is 1.22 bits per heavy atom. The van der Waals surface area contributed by atoms with Crippen LogP contribution in [0.15, 0.2) is 57.7 Å². The average Bonchev–Trinajstić information content (AvgIpc) is 3.22. The van der Waals surface area contributed by atoms with Gasteiger partial charge < -0.3 is 14.5 Å². The Hall–Kier alpha value is -2.75. The monoisotopic (exact) mass is 443 g/mol. The van der Waals surface area contributed by atoms with Gasteiger partial charge in [-0.25, -0.2) is 0 Å². The fraction of sp³-hybridized carbons (Fsp3) is 0.176. The second-order valence-electron chi connectivity index (χ2n) is 5.50. The van der Waals surface area contributed by atoms with E-state index < -0.39 is 18.6 Å². The van der Waals surface area contributed by atoms with E-state index in [1.807, 2.05) is 12.1 Å². The molecule has 2 aromatic heterocycles. The molecule has 0 spiro atoms. The van der Waals surface area contributed by atoms with E-state index in [0.29, 0.717) is 16.2 Å². The first kappa shape index (κ1) is 19.0. The number of carbonyl (C=O) groups excluding carboxylic acids is 1. The number of benzene rings is 1. The Kier molecular flexibility index (Phi) is 5.54. The molecule has 27 heavy (non-hydrogen) atoms. The number of aromatic nitrogens is 2. The smallest absolute Gasteiger partial charge is 0.408 e. The molecule has 10 heteroatoms. The lowest BCUT2D eigenvalue weighted by Gasteiger charge is -2.05. The molecule has 0 aliphatic rings. The van der Waals surface area contributed by atoms with Gasteiger partial charge in [0.05, 0.1) is 11.9 Å². The average molecular weight is 444 g/mol. The van der Waals surface area contributed by atoms with Crippen LogP contribution in [0.3, 0.4) is 0 Å². The zero-order chi connectivity index (χ0) is 19.4. The van der Waals surface area contributed by atoms with Gasteiger partial charge in [-0.2, -0.15) is 18.3 Å². The highest BCUT2D eigenvalue weighted by molar-refractivity contribution is 9.10. The number of carbonyl (C=O) groups is 1. The van der Waals surface area contributed by atoms with Crippen LogP contribution in [0.25, 0.3) is 0 Å². The number of furan rings is 1. The summed E-state index contributed by atoms with van der Waals surface area (Å²) >= 11 is 3.32. The number of ether oxygens (including phenoxy) is 1. The molecule has 0 saturated heterocycles. The summed E-state index contributed by atoms with van der Waals surface area (Å²) in [5, 5.41) is 5.98. The van der Waals surface area contributed by atoms with Crippen molar-refractivity contribution in [2.24, 2.45) is 0 Å². The highest BCUT2D eigenvalue weighted by atomic mass is 79.9. The summed E-state index contributed by atoms with van der Waals surface area (Å²) in [5.41, 5.74) is 0.133. The third kappa shape index (κ3) is 5.61. The molecule has 0 atom stereocenters. The second kappa shape index (κ2) is 7.87. The van der Waals surface area contributed by atoms with E-state index in [0.717, 1.165) is 16.9 Å². The fourth-order valence-electron chi connectivity index (χ4n) is 2.15. The van der Waals surface area contributed by atoms with Crippen molar-refractivity contribution in [2.45, 2.75) is 19.3 Å². The standard InChI is InChI=1S/C17H13BrF3N3O3/c18-11-1-3-13(4-2-11)26-9-14-5-6-15(27-14)16(25)23-12-7-22-24(8-12)10-17(19,20)21/h1-8H,9-10H2,(H,23,25). The van der Waals surface area contributed by atoms with E-state index in [2.05, 4.69) is 26.3 Å². The van der Waals surface area contributed by atoms with Gasteiger partial charge in [-0.05, 0) is 36.4 Å². The molecule has 3 rings (SSSR count). The van der Waals surface area contributed by atoms with Crippen molar-refractivity contribution in [2.75, 3.05) is 5.32 Å². The number of hydrogen-bond acceptors (Lipinski definition) is 4. The molecule has 0 saturated carbocycles. The molecule has 2 heterocycles. The predicted octanol–water partition coefficient (Wildman–Crippen LogP) is 4.63. The maximum atomic E-state index is 12.3. The predicted molar refractivity (Wildman–Crippen MR) is 93.4 cm³/mol. The van der Waals surface area contributed by atoms with Crippen LogP contribution in [0.5, 0.6) is 5.75 Å². The van der Waals surface area contributed by atoms with E-state index in [1.165, 1.54) is 6.07 Å². The van der Waals surface area contributed by atoms with E-state index in [-0.39, 0.29) is 18.1 Å². The molecule has 0 bridgehead atoms. The minimum atomic E-state index is -4.39. The Morgan fingerprint density at radius 2 is 1.96 bits per heavy atom. The summed E-state index contributed by atoms with van der Waals surface area (Å²) in [6.07, 6.45) is -2.17. The summed E-state index contributed by atoms with van der Waals surface area (Å²) in [7, 11) is 0. The number of alkyl halides is 3. The number of halogens is 4. The molecule has 0 fully saturated rings. The van der Waals surface area contributed by atoms with Crippen LogP contribution in [0, 0.1) is 0 Å². The van der Waals surface area contributed by atoms with Crippen LogP contribution in [0.2, 0.25) is 0 Å². The third-order valence-corrected chi connectivity index (χ3v) is 3.84. The van der Waals surface area contributed by atoms with Crippen molar-refractivity contribution >= 4 is 27.5 Å². The van der Waals surface area contributed by atoms with Crippen LogP contribution in [-0.4, -0.2) is 21.9 Å². The van der Waals surface area contributed by atoms with Crippen LogP contribution in [0.4, 0.5) is 18.9 Å². The molecule has 0 radical (unpaired) electrons. The molecular weight excluding hydrogens is 431 g/mol. The fourth-order valence-corrected chi connectivity index (χ4v) is 2.42. The molecule has 1 amide bonds. The molecular formula is C17H13BrF3N3O3. The molecule has 1 N–H and O–H groups in total. The lowest BCUT2D eigenvalue weighted by molar-refractivity contribution is -0.142. The van der Waals surface area contributed by atoms with Crippen LogP contribution in [0.1, 0.15) is 16.3 Å². The summed E-state index contributed by atoms with van der Waals surface area (Å²) in [6, 6.07) is 10.2. The SMILES string of the molecule is O=C(Nc1cnn(CC(F)(F)F)c1)c1ccc(COc2ccc(Br)cc2)o1. The summed E-state index contributed by atoms with van der Waals surface area (Å²) < 4.78 is 49.5. The van der Waals surface area contributed by atoms with Crippen molar-refractivity contribution in [3.8, 4) is 5.75 Å². The molecule has 6 nitrogen and oxygen atoms in total. The molecule has 3 aromatic rings. The van der Waals surface area contributed by atoms with Gasteiger partial charge in [-0.15, -0.1) is 0 Å². The minimum absolute atomic E-state index is 0.00739. The van der Waals surface area contributed by atoms with Crippen LogP contribution in [-0.2, 0) is 13.2 Å². The van der Waals surface area contributed by atoms with Gasteiger partial charge in [0.1, 0.15) is 24.7 Å². The van der Waals surface area contributed by atoms with E-state index in [9.17, 15) is 18.0 Å². The maximum absolute atomic E-state index is 12.3. The molecule has 142 valence electrons. The first-order chi connectivity index (χ1) is 12.8. The summed E-state index contributed by atoms with van der Waals surface area (Å²) in [4.78, 5) is 12.1. The van der Waals surface area contributed by atoms with Crippen LogP contribution < -0.4 is 10.1 Å². The first-order valence-corrected chi connectivity index (χ1v) is 8.45. The molecule has 0 aliphatic carbocycles. The third-order valence-electron chi connectivity index (χ3n) is 3.31. The molecule has 1 aromatic carbocycles. The maximum Gasteiger partial charge on any atom is 0.408 e. The lowest BCUT2D eigenvalue weighted by atomic mass is 10.3. The van der Waals surface area contributed by atoms with Gasteiger partial charge in [0.25, 0.3) is 5.91 Å². The topological polar surface area (TPSA) is 69.3 Å². The Balaban J connectivity index is 1.56.